The second-order valence-corrected chi connectivity index (χ2v) is 5.60. The molecule has 1 fully saturated rings. The topological polar surface area (TPSA) is 71.5 Å². The molecule has 5 heteroatoms. The average molecular weight is 264 g/mol. The Balaban J connectivity index is 2.19. The molecule has 1 saturated heterocycles. The second-order valence-electron chi connectivity index (χ2n) is 5.60. The van der Waals surface area contributed by atoms with Crippen LogP contribution < -0.4 is 5.32 Å². The average Bonchev–Trinajstić information content (AvgIpc) is 2.26. The van der Waals surface area contributed by atoms with Gasteiger partial charge in [-0.25, -0.2) is 9.78 Å². The van der Waals surface area contributed by atoms with Gasteiger partial charge >= 0.3 is 5.97 Å². The van der Waals surface area contributed by atoms with Gasteiger partial charge in [-0.3, -0.25) is 0 Å². The zero-order valence-corrected chi connectivity index (χ0v) is 11.6. The Kier molecular flexibility index (Phi) is 3.75. The van der Waals surface area contributed by atoms with Crippen LogP contribution in [0.2, 0.25) is 0 Å². The van der Waals surface area contributed by atoms with E-state index in [0.29, 0.717) is 12.4 Å². The fourth-order valence-corrected chi connectivity index (χ4v) is 2.49. The van der Waals surface area contributed by atoms with Gasteiger partial charge in [0, 0.05) is 18.8 Å². The molecule has 1 aromatic heterocycles. The van der Waals surface area contributed by atoms with Gasteiger partial charge in [0.2, 0.25) is 0 Å². The molecule has 0 saturated carbocycles. The number of nitrogens with one attached hydrogen (secondary N) is 1. The smallest absolute Gasteiger partial charge is 0.339 e. The molecule has 1 aliphatic heterocycles. The second kappa shape index (κ2) is 5.17. The maximum atomic E-state index is 11.3. The quantitative estimate of drug-likeness (QED) is 0.877. The predicted molar refractivity (Wildman–Crippen MR) is 72.6 cm³/mol. The highest BCUT2D eigenvalue weighted by molar-refractivity contribution is 5.94. The van der Waals surface area contributed by atoms with Gasteiger partial charge in [0.15, 0.2) is 0 Å². The van der Waals surface area contributed by atoms with E-state index in [1.165, 1.54) is 0 Å². The summed E-state index contributed by atoms with van der Waals surface area (Å²) in [5.41, 5.74) is 0.798. The van der Waals surface area contributed by atoms with Gasteiger partial charge in [0.05, 0.1) is 5.60 Å². The van der Waals surface area contributed by atoms with Crippen molar-refractivity contribution in [3.63, 3.8) is 0 Å². The predicted octanol–water partition coefficient (Wildman–Crippen LogP) is 2.46. The van der Waals surface area contributed by atoms with Crippen LogP contribution in [0.15, 0.2) is 12.3 Å². The molecule has 104 valence electrons. The Labute approximate surface area is 113 Å². The molecular weight excluding hydrogens is 244 g/mol. The van der Waals surface area contributed by atoms with Gasteiger partial charge in [-0.05, 0) is 45.2 Å². The molecule has 0 aromatic carbocycles. The molecule has 0 radical (unpaired) electrons. The number of aryl methyl sites for hydroxylation is 1. The third-order valence-corrected chi connectivity index (χ3v) is 3.41. The van der Waals surface area contributed by atoms with Crippen molar-refractivity contribution < 1.29 is 14.6 Å². The van der Waals surface area contributed by atoms with E-state index in [0.717, 1.165) is 18.4 Å². The molecule has 5 nitrogen and oxygen atoms in total. The number of carboxylic acid groups (broad SMARTS) is 1. The first-order valence-corrected chi connectivity index (χ1v) is 6.48. The van der Waals surface area contributed by atoms with Gasteiger partial charge in [0.1, 0.15) is 11.4 Å². The van der Waals surface area contributed by atoms with E-state index in [9.17, 15) is 9.90 Å². The number of ether oxygens (including phenoxy) is 1. The SMILES string of the molecule is Cc1ccnc(NC2CCOC(C)(C)C2)c1C(=O)O. The maximum absolute atomic E-state index is 11.3. The number of nitrogens with zero attached hydrogens (tertiary/aromatic N) is 1. The lowest BCUT2D eigenvalue weighted by Gasteiger charge is -2.36. The fraction of sp³-hybridized carbons (Fsp3) is 0.571. The van der Waals surface area contributed by atoms with Crippen molar-refractivity contribution in [2.24, 2.45) is 0 Å². The van der Waals surface area contributed by atoms with Gasteiger partial charge < -0.3 is 15.2 Å². The first-order valence-electron chi connectivity index (χ1n) is 6.48. The minimum Gasteiger partial charge on any atom is -0.478 e. The van der Waals surface area contributed by atoms with Crippen molar-refractivity contribution in [3.05, 3.63) is 23.4 Å². The Morgan fingerprint density at radius 1 is 1.58 bits per heavy atom. The van der Waals surface area contributed by atoms with Gasteiger partial charge in [-0.2, -0.15) is 0 Å². The Morgan fingerprint density at radius 2 is 2.32 bits per heavy atom. The van der Waals surface area contributed by atoms with E-state index in [2.05, 4.69) is 10.3 Å². The number of hydrogen-bond donors (Lipinski definition) is 2. The molecule has 2 rings (SSSR count). The summed E-state index contributed by atoms with van der Waals surface area (Å²) < 4.78 is 5.66. The van der Waals surface area contributed by atoms with Gasteiger partial charge in [-0.1, -0.05) is 0 Å². The summed E-state index contributed by atoms with van der Waals surface area (Å²) >= 11 is 0. The lowest BCUT2D eigenvalue weighted by molar-refractivity contribution is -0.0553. The van der Waals surface area contributed by atoms with E-state index in [1.54, 1.807) is 19.2 Å². The molecule has 1 atom stereocenters. The molecule has 1 unspecified atom stereocenters. The number of aromatic carboxylic acids is 1. The minimum absolute atomic E-state index is 0.177. The first-order chi connectivity index (χ1) is 8.89. The number of hydrogen-bond acceptors (Lipinski definition) is 4. The summed E-state index contributed by atoms with van der Waals surface area (Å²) in [6, 6.07) is 1.90. The molecular formula is C14H20N2O3. The molecule has 2 heterocycles. The van der Waals surface area contributed by atoms with Crippen LogP contribution in [0, 0.1) is 6.92 Å². The standard InChI is InChI=1S/C14H20N2O3/c1-9-4-6-15-12(11(9)13(17)18)16-10-5-7-19-14(2,3)8-10/h4,6,10H,5,7-8H2,1-3H3,(H,15,16)(H,17,18). The van der Waals surface area contributed by atoms with Crippen LogP contribution in [-0.4, -0.2) is 34.3 Å². The summed E-state index contributed by atoms with van der Waals surface area (Å²) in [4.78, 5) is 15.5. The third-order valence-electron chi connectivity index (χ3n) is 3.41. The van der Waals surface area contributed by atoms with Gasteiger partial charge in [0.25, 0.3) is 0 Å². The number of rotatable bonds is 3. The molecule has 2 N–H and O–H groups in total. The minimum atomic E-state index is -0.945. The largest absolute Gasteiger partial charge is 0.478 e. The zero-order valence-electron chi connectivity index (χ0n) is 11.6. The first kappa shape index (κ1) is 13.8. The number of carbonyl (C=O) groups is 1. The van der Waals surface area contributed by atoms with Crippen molar-refractivity contribution in [2.45, 2.75) is 45.3 Å². The van der Waals surface area contributed by atoms with Crippen LogP contribution in [0.3, 0.4) is 0 Å². The van der Waals surface area contributed by atoms with E-state index in [4.69, 9.17) is 4.74 Å². The van der Waals surface area contributed by atoms with Crippen molar-refractivity contribution in [3.8, 4) is 0 Å². The molecule has 1 aliphatic rings. The van der Waals surface area contributed by atoms with E-state index in [-0.39, 0.29) is 17.2 Å². The number of anilines is 1. The number of aromatic nitrogens is 1. The van der Waals surface area contributed by atoms with Crippen LogP contribution in [0.4, 0.5) is 5.82 Å². The van der Waals surface area contributed by atoms with Crippen LogP contribution in [-0.2, 0) is 4.74 Å². The molecule has 0 bridgehead atoms. The summed E-state index contributed by atoms with van der Waals surface area (Å²) in [6.45, 7) is 6.55. The zero-order chi connectivity index (χ0) is 14.0. The van der Waals surface area contributed by atoms with Crippen molar-refractivity contribution in [2.75, 3.05) is 11.9 Å². The Bertz CT molecular complexity index is 486. The fourth-order valence-electron chi connectivity index (χ4n) is 2.49. The molecule has 0 aliphatic carbocycles. The van der Waals surface area contributed by atoms with Crippen molar-refractivity contribution in [1.82, 2.24) is 4.98 Å². The maximum Gasteiger partial charge on any atom is 0.339 e. The molecule has 1 aromatic rings. The number of carboxylic acids is 1. The normalized spacial score (nSPS) is 21.9. The van der Waals surface area contributed by atoms with Crippen LogP contribution in [0.1, 0.15) is 42.6 Å². The molecule has 0 amide bonds. The third kappa shape index (κ3) is 3.23. The van der Waals surface area contributed by atoms with Crippen LogP contribution in [0.25, 0.3) is 0 Å². The van der Waals surface area contributed by atoms with Gasteiger partial charge in [-0.15, -0.1) is 0 Å². The monoisotopic (exact) mass is 264 g/mol. The van der Waals surface area contributed by atoms with E-state index >= 15 is 0 Å². The highest BCUT2D eigenvalue weighted by Crippen LogP contribution is 2.27. The summed E-state index contributed by atoms with van der Waals surface area (Å²) in [5, 5.41) is 12.5. The molecule has 19 heavy (non-hydrogen) atoms. The summed E-state index contributed by atoms with van der Waals surface area (Å²) in [7, 11) is 0. The summed E-state index contributed by atoms with van der Waals surface area (Å²) in [5.74, 6) is -0.491. The molecule has 0 spiro atoms. The highest BCUT2D eigenvalue weighted by Gasteiger charge is 2.29. The van der Waals surface area contributed by atoms with Crippen molar-refractivity contribution in [1.29, 1.82) is 0 Å². The Hall–Kier alpha value is -1.62. The highest BCUT2D eigenvalue weighted by atomic mass is 16.5. The van der Waals surface area contributed by atoms with Crippen LogP contribution >= 0.6 is 0 Å². The lowest BCUT2D eigenvalue weighted by atomic mass is 9.94. The van der Waals surface area contributed by atoms with Crippen LogP contribution in [0.5, 0.6) is 0 Å². The van der Waals surface area contributed by atoms with E-state index < -0.39 is 5.97 Å². The Morgan fingerprint density at radius 3 is 2.95 bits per heavy atom. The number of pyridine rings is 1. The summed E-state index contributed by atoms with van der Waals surface area (Å²) in [6.07, 6.45) is 3.33. The lowest BCUT2D eigenvalue weighted by Crippen LogP contribution is -2.40. The van der Waals surface area contributed by atoms with Crippen molar-refractivity contribution >= 4 is 11.8 Å². The van der Waals surface area contributed by atoms with E-state index in [1.807, 2.05) is 13.8 Å².